The maximum absolute atomic E-state index is 15.6. The first-order valence-electron chi connectivity index (χ1n) is 10.1. The van der Waals surface area contributed by atoms with E-state index in [1.807, 2.05) is 11.9 Å². The van der Waals surface area contributed by atoms with E-state index in [0.29, 0.717) is 26.2 Å². The van der Waals surface area contributed by atoms with Crippen LogP contribution in [-0.2, 0) is 20.8 Å². The van der Waals surface area contributed by atoms with Crippen molar-refractivity contribution >= 4 is 28.5 Å². The summed E-state index contributed by atoms with van der Waals surface area (Å²) < 4.78 is 41.6. The summed E-state index contributed by atoms with van der Waals surface area (Å²) >= 11 is 0. The van der Waals surface area contributed by atoms with Crippen LogP contribution in [0.5, 0.6) is 0 Å². The number of esters is 2. The van der Waals surface area contributed by atoms with E-state index in [2.05, 4.69) is 0 Å². The molecule has 0 unspecified atom stereocenters. The second kappa shape index (κ2) is 9.42. The van der Waals surface area contributed by atoms with Gasteiger partial charge in [-0.15, -0.1) is 0 Å². The van der Waals surface area contributed by atoms with E-state index in [0.717, 1.165) is 16.8 Å². The van der Waals surface area contributed by atoms with Crippen molar-refractivity contribution in [2.24, 2.45) is 0 Å². The Kier molecular flexibility index (Phi) is 6.89. The smallest absolute Gasteiger partial charge is 0.343 e. The van der Waals surface area contributed by atoms with Gasteiger partial charge in [-0.3, -0.25) is 9.59 Å². The first kappa shape index (κ1) is 22.7. The molecule has 1 fully saturated rings. The summed E-state index contributed by atoms with van der Waals surface area (Å²) in [6, 6.07) is 0.915. The van der Waals surface area contributed by atoms with Crippen LogP contribution in [0.3, 0.4) is 0 Å². The second-order valence-electron chi connectivity index (χ2n) is 7.23. The molecule has 0 saturated carbocycles. The highest BCUT2D eigenvalue weighted by Crippen LogP contribution is 2.31. The highest BCUT2D eigenvalue weighted by molar-refractivity contribution is 5.95. The average molecular weight is 437 g/mol. The van der Waals surface area contributed by atoms with Crippen LogP contribution >= 0.6 is 0 Å². The number of benzene rings is 1. The third-order valence-electron chi connectivity index (χ3n) is 5.15. The maximum Gasteiger partial charge on any atom is 0.343 e. The maximum atomic E-state index is 15.6. The summed E-state index contributed by atoms with van der Waals surface area (Å²) in [5, 5.41) is -0.345. The molecule has 2 heterocycles. The first-order valence-corrected chi connectivity index (χ1v) is 10.1. The molecular weight excluding hydrogens is 412 g/mol. The molecule has 0 aliphatic carbocycles. The number of carbonyl (C=O) groups excluding carboxylic acids is 2. The lowest BCUT2D eigenvalue weighted by atomic mass is 10.1. The molecule has 0 radical (unpaired) electrons. The number of hydrogen-bond acceptors (Lipinski definition) is 7. The largest absolute Gasteiger partial charge is 0.465 e. The highest BCUT2D eigenvalue weighted by Gasteiger charge is 2.27. The van der Waals surface area contributed by atoms with E-state index in [1.54, 1.807) is 18.7 Å². The molecule has 0 amide bonds. The van der Waals surface area contributed by atoms with Crippen molar-refractivity contribution < 1.29 is 27.8 Å². The molecule has 1 aliphatic heterocycles. The first-order chi connectivity index (χ1) is 14.8. The summed E-state index contributed by atoms with van der Waals surface area (Å²) in [5.74, 6) is -3.49. The zero-order valence-electron chi connectivity index (χ0n) is 17.7. The number of nitrogens with zero attached hydrogens (tertiary/aromatic N) is 3. The lowest BCUT2D eigenvalue weighted by Gasteiger charge is -2.34. The van der Waals surface area contributed by atoms with Crippen LogP contribution in [-0.4, -0.2) is 67.8 Å². The SMILES string of the molecule is CCOC(=O)Cn1cc(C(=O)OCC)c(=O)c2cc(F)c(N3CCN(C)CC3)c(F)c21. The molecule has 168 valence electrons. The minimum atomic E-state index is -0.962. The van der Waals surface area contributed by atoms with Gasteiger partial charge in [0.2, 0.25) is 5.43 Å². The zero-order chi connectivity index (χ0) is 22.7. The monoisotopic (exact) mass is 437 g/mol. The Morgan fingerprint density at radius 2 is 1.71 bits per heavy atom. The Morgan fingerprint density at radius 1 is 1.06 bits per heavy atom. The third-order valence-corrected chi connectivity index (χ3v) is 5.15. The molecule has 1 aromatic carbocycles. The zero-order valence-corrected chi connectivity index (χ0v) is 17.7. The van der Waals surface area contributed by atoms with Gasteiger partial charge in [0.05, 0.1) is 24.1 Å². The van der Waals surface area contributed by atoms with Crippen LogP contribution in [0.1, 0.15) is 24.2 Å². The molecule has 1 aliphatic rings. The van der Waals surface area contributed by atoms with Gasteiger partial charge in [-0.1, -0.05) is 0 Å². The molecule has 31 heavy (non-hydrogen) atoms. The van der Waals surface area contributed by atoms with Crippen LogP contribution < -0.4 is 10.3 Å². The molecule has 1 aromatic heterocycles. The van der Waals surface area contributed by atoms with Gasteiger partial charge in [0.25, 0.3) is 0 Å². The van der Waals surface area contributed by atoms with Gasteiger partial charge in [0, 0.05) is 32.4 Å². The number of piperazine rings is 1. The Hall–Kier alpha value is -3.01. The minimum absolute atomic E-state index is 0.0131. The summed E-state index contributed by atoms with van der Waals surface area (Å²) in [4.78, 5) is 40.8. The second-order valence-corrected chi connectivity index (χ2v) is 7.23. The summed E-state index contributed by atoms with van der Waals surface area (Å²) in [7, 11) is 1.92. The number of fused-ring (bicyclic) bond motifs is 1. The van der Waals surface area contributed by atoms with Crippen LogP contribution in [0.15, 0.2) is 17.1 Å². The predicted molar refractivity (Wildman–Crippen MR) is 110 cm³/mol. The lowest BCUT2D eigenvalue weighted by molar-refractivity contribution is -0.143. The molecule has 10 heteroatoms. The molecule has 8 nitrogen and oxygen atoms in total. The van der Waals surface area contributed by atoms with E-state index in [1.165, 1.54) is 0 Å². The predicted octanol–water partition coefficient (Wildman–Crippen LogP) is 1.77. The number of likely N-dealkylation sites (N-methyl/N-ethyl adjacent to an activating group) is 1. The summed E-state index contributed by atoms with van der Waals surface area (Å²) in [5.41, 5.74) is -1.80. The van der Waals surface area contributed by atoms with E-state index >= 15 is 4.39 Å². The fourth-order valence-electron chi connectivity index (χ4n) is 3.62. The summed E-state index contributed by atoms with van der Waals surface area (Å²) in [6.45, 7) is 4.89. The van der Waals surface area contributed by atoms with Crippen molar-refractivity contribution in [3.05, 3.63) is 39.7 Å². The van der Waals surface area contributed by atoms with Crippen molar-refractivity contribution in [2.45, 2.75) is 20.4 Å². The Balaban J connectivity index is 2.24. The van der Waals surface area contributed by atoms with E-state index in [-0.39, 0.29) is 29.8 Å². The van der Waals surface area contributed by atoms with Crippen LogP contribution in [0, 0.1) is 11.6 Å². The van der Waals surface area contributed by atoms with Gasteiger partial charge in [-0.05, 0) is 27.0 Å². The number of pyridine rings is 1. The molecule has 0 bridgehead atoms. The fourth-order valence-corrected chi connectivity index (χ4v) is 3.62. The summed E-state index contributed by atoms with van der Waals surface area (Å²) in [6.07, 6.45) is 1.06. The van der Waals surface area contributed by atoms with Crippen LogP contribution in [0.4, 0.5) is 14.5 Å². The number of ether oxygens (including phenoxy) is 2. The fraction of sp³-hybridized carbons (Fsp3) is 0.476. The van der Waals surface area contributed by atoms with Gasteiger partial charge >= 0.3 is 11.9 Å². The van der Waals surface area contributed by atoms with Crippen molar-refractivity contribution in [1.82, 2.24) is 9.47 Å². The van der Waals surface area contributed by atoms with Crippen molar-refractivity contribution in [3.8, 4) is 0 Å². The molecule has 3 rings (SSSR count). The van der Waals surface area contributed by atoms with Gasteiger partial charge in [-0.2, -0.15) is 0 Å². The van der Waals surface area contributed by atoms with Gasteiger partial charge < -0.3 is 23.8 Å². The van der Waals surface area contributed by atoms with Crippen LogP contribution in [0.2, 0.25) is 0 Å². The molecule has 0 spiro atoms. The number of carbonyl (C=O) groups is 2. The average Bonchev–Trinajstić information content (AvgIpc) is 2.71. The number of halogens is 2. The normalized spacial score (nSPS) is 14.7. The Morgan fingerprint density at radius 3 is 2.32 bits per heavy atom. The molecule has 0 atom stereocenters. The van der Waals surface area contributed by atoms with Crippen molar-refractivity contribution in [3.63, 3.8) is 0 Å². The topological polar surface area (TPSA) is 81.1 Å². The van der Waals surface area contributed by atoms with Crippen molar-refractivity contribution in [1.29, 1.82) is 0 Å². The van der Waals surface area contributed by atoms with Gasteiger partial charge in [0.1, 0.15) is 23.6 Å². The highest BCUT2D eigenvalue weighted by atomic mass is 19.1. The number of hydrogen-bond donors (Lipinski definition) is 0. The van der Waals surface area contributed by atoms with E-state index in [4.69, 9.17) is 9.47 Å². The van der Waals surface area contributed by atoms with Gasteiger partial charge in [0.15, 0.2) is 5.82 Å². The number of aromatic nitrogens is 1. The quantitative estimate of drug-likeness (QED) is 0.637. The number of anilines is 1. The van der Waals surface area contributed by atoms with Crippen LogP contribution in [0.25, 0.3) is 10.9 Å². The molecule has 2 aromatic rings. The third kappa shape index (κ3) is 4.53. The number of rotatable bonds is 6. The Bertz CT molecular complexity index is 1060. The molecule has 1 saturated heterocycles. The van der Waals surface area contributed by atoms with E-state index < -0.39 is 41.1 Å². The lowest BCUT2D eigenvalue weighted by Crippen LogP contribution is -2.45. The minimum Gasteiger partial charge on any atom is -0.465 e. The van der Waals surface area contributed by atoms with Gasteiger partial charge in [-0.25, -0.2) is 13.6 Å². The molecule has 0 N–H and O–H groups in total. The van der Waals surface area contributed by atoms with E-state index in [9.17, 15) is 18.8 Å². The van der Waals surface area contributed by atoms with Crippen molar-refractivity contribution in [2.75, 3.05) is 51.3 Å². The molecular formula is C21H25F2N3O5. The Labute approximate surface area is 177 Å². The standard InChI is InChI=1S/C21H25F2N3O5/c1-4-30-16(27)12-26-11-14(21(29)31-5-2)20(28)13-10-15(22)19(17(23)18(13)26)25-8-6-24(3)7-9-25/h10-11H,4-9,12H2,1-3H3.